The molecular weight excluding hydrogens is 480 g/mol. The van der Waals surface area contributed by atoms with E-state index in [0.717, 1.165) is 31.1 Å². The highest BCUT2D eigenvalue weighted by atomic mass is 35.5. The number of aryl methyl sites for hydroxylation is 1. The quantitative estimate of drug-likeness (QED) is 0.506. The first-order valence-electron chi connectivity index (χ1n) is 9.28. The van der Waals surface area contributed by atoms with Crippen molar-refractivity contribution in [3.8, 4) is 0 Å². The first kappa shape index (κ1) is 22.3. The van der Waals surface area contributed by atoms with E-state index in [9.17, 15) is 18.0 Å². The van der Waals surface area contributed by atoms with E-state index in [-0.39, 0.29) is 50.5 Å². The highest BCUT2D eigenvalue weighted by Crippen LogP contribution is 2.49. The predicted octanol–water partition coefficient (Wildman–Crippen LogP) is 5.91. The molecule has 166 valence electrons. The Morgan fingerprint density at radius 3 is 2.45 bits per heavy atom. The van der Waals surface area contributed by atoms with Crippen LogP contribution in [0.15, 0.2) is 28.7 Å². The third-order valence-electron chi connectivity index (χ3n) is 5.16. The molecule has 31 heavy (non-hydrogen) atoms. The summed E-state index contributed by atoms with van der Waals surface area (Å²) in [5.74, 6) is 0.540. The fourth-order valence-electron chi connectivity index (χ4n) is 3.22. The van der Waals surface area contributed by atoms with Crippen molar-refractivity contribution in [1.82, 2.24) is 10.8 Å². The third-order valence-corrected chi connectivity index (χ3v) is 6.36. The molecule has 2 N–H and O–H groups in total. The van der Waals surface area contributed by atoms with Gasteiger partial charge in [0.05, 0.1) is 21.6 Å². The first-order valence-corrected chi connectivity index (χ1v) is 10.4. The van der Waals surface area contributed by atoms with Crippen LogP contribution in [0.3, 0.4) is 0 Å². The van der Waals surface area contributed by atoms with Crippen molar-refractivity contribution >= 4 is 46.4 Å². The van der Waals surface area contributed by atoms with Crippen LogP contribution in [0.5, 0.6) is 0 Å². The zero-order valence-corrected chi connectivity index (χ0v) is 18.3. The lowest BCUT2D eigenvalue weighted by Gasteiger charge is -2.29. The van der Waals surface area contributed by atoms with Crippen molar-refractivity contribution in [3.05, 3.63) is 62.0 Å². The van der Waals surface area contributed by atoms with Gasteiger partial charge in [-0.1, -0.05) is 34.8 Å². The molecule has 11 heteroatoms. The van der Waals surface area contributed by atoms with Gasteiger partial charge in [0, 0.05) is 11.5 Å². The number of halogens is 6. The molecule has 1 aromatic carbocycles. The normalized spacial score (nSPS) is 21.1. The number of rotatable bonds is 5. The molecule has 1 unspecified atom stereocenters. The molecular formula is C20H16Cl3F3N2O3. The lowest BCUT2D eigenvalue weighted by atomic mass is 9.92. The summed E-state index contributed by atoms with van der Waals surface area (Å²) in [5.41, 5.74) is -0.257. The Morgan fingerprint density at radius 2 is 1.87 bits per heavy atom. The fourth-order valence-corrected chi connectivity index (χ4v) is 3.82. The maximum atomic E-state index is 14.1. The average molecular weight is 496 g/mol. The second kappa shape index (κ2) is 7.92. The van der Waals surface area contributed by atoms with Crippen LogP contribution in [0, 0.1) is 12.8 Å². The molecule has 0 bridgehead atoms. The van der Waals surface area contributed by atoms with Crippen LogP contribution in [0.4, 0.5) is 13.2 Å². The van der Waals surface area contributed by atoms with Crippen LogP contribution >= 0.6 is 34.8 Å². The number of carbonyl (C=O) groups is 1. The number of hydrogen-bond acceptors (Lipinski definition) is 4. The molecule has 1 aliphatic heterocycles. The van der Waals surface area contributed by atoms with Gasteiger partial charge in [-0.05, 0) is 49.6 Å². The number of nitrogens with one attached hydrogen (secondary N) is 2. The molecule has 4 rings (SSSR count). The number of alkyl halides is 3. The van der Waals surface area contributed by atoms with Gasteiger partial charge in [0.1, 0.15) is 11.5 Å². The van der Waals surface area contributed by atoms with E-state index >= 15 is 0 Å². The monoisotopic (exact) mass is 494 g/mol. The van der Waals surface area contributed by atoms with Gasteiger partial charge >= 0.3 is 6.18 Å². The molecule has 1 aliphatic carbocycles. The van der Waals surface area contributed by atoms with Gasteiger partial charge in [-0.2, -0.15) is 13.2 Å². The highest BCUT2D eigenvalue weighted by Gasteiger charge is 2.60. The van der Waals surface area contributed by atoms with Gasteiger partial charge in [0.15, 0.2) is 5.76 Å². The molecule has 2 aromatic rings. The standard InChI is InChI=1S/C20H16Cl3F3N2O3/c1-9-4-15(30-16(9)8-27-18(29)10-2-3-10)14-7-19(31-28-14,20(24,25)26)11-5-12(21)17(23)13(22)6-11/h4-7,10,28H,2-3,8H2,1H3,(H,27,29). The minimum absolute atomic E-state index is 0.0256. The largest absolute Gasteiger partial charge is 0.457 e. The minimum atomic E-state index is -4.86. The van der Waals surface area contributed by atoms with Crippen LogP contribution in [0.1, 0.15) is 35.5 Å². The third kappa shape index (κ3) is 4.14. The fraction of sp³-hybridized carbons (Fsp3) is 0.350. The van der Waals surface area contributed by atoms with Crippen LogP contribution in [-0.4, -0.2) is 12.1 Å². The molecule has 0 spiro atoms. The Labute approximate surface area is 190 Å². The second-order valence-electron chi connectivity index (χ2n) is 7.46. The average Bonchev–Trinajstić information content (AvgIpc) is 3.33. The summed E-state index contributed by atoms with van der Waals surface area (Å²) < 4.78 is 48.1. The van der Waals surface area contributed by atoms with Gasteiger partial charge in [0.2, 0.25) is 11.5 Å². The van der Waals surface area contributed by atoms with Crippen molar-refractivity contribution in [2.24, 2.45) is 5.92 Å². The highest BCUT2D eigenvalue weighted by molar-refractivity contribution is 6.48. The van der Waals surface area contributed by atoms with E-state index < -0.39 is 11.8 Å². The Bertz CT molecular complexity index is 1060. The second-order valence-corrected chi connectivity index (χ2v) is 8.65. The number of carbonyl (C=O) groups excluding carboxylic acids is 1. The van der Waals surface area contributed by atoms with Gasteiger partial charge in [0.25, 0.3) is 0 Å². The number of benzene rings is 1. The maximum absolute atomic E-state index is 14.1. The Hall–Kier alpha value is -1.87. The van der Waals surface area contributed by atoms with Crippen LogP contribution < -0.4 is 10.8 Å². The first-order chi connectivity index (χ1) is 14.5. The van der Waals surface area contributed by atoms with E-state index in [0.29, 0.717) is 11.3 Å². The van der Waals surface area contributed by atoms with E-state index in [2.05, 4.69) is 10.8 Å². The number of hydroxylamine groups is 1. The lowest BCUT2D eigenvalue weighted by molar-refractivity contribution is -0.269. The summed E-state index contributed by atoms with van der Waals surface area (Å²) in [5, 5.41) is 2.43. The predicted molar refractivity (Wildman–Crippen MR) is 109 cm³/mol. The summed E-state index contributed by atoms with van der Waals surface area (Å²) in [4.78, 5) is 16.9. The number of furan rings is 1. The smallest absolute Gasteiger partial charge is 0.428 e. The zero-order valence-electron chi connectivity index (χ0n) is 16.0. The van der Waals surface area contributed by atoms with Crippen molar-refractivity contribution in [3.63, 3.8) is 0 Å². The molecule has 5 nitrogen and oxygen atoms in total. The maximum Gasteiger partial charge on any atom is 0.428 e. The van der Waals surface area contributed by atoms with Crippen LogP contribution in [0.25, 0.3) is 5.70 Å². The van der Waals surface area contributed by atoms with E-state index in [1.807, 2.05) is 0 Å². The van der Waals surface area contributed by atoms with E-state index in [4.69, 9.17) is 44.1 Å². The summed E-state index contributed by atoms with van der Waals surface area (Å²) in [6.45, 7) is 1.87. The molecule has 0 saturated heterocycles. The molecule has 1 amide bonds. The van der Waals surface area contributed by atoms with Gasteiger partial charge < -0.3 is 9.73 Å². The summed E-state index contributed by atoms with van der Waals surface area (Å²) in [6, 6.07) is 3.67. The summed E-state index contributed by atoms with van der Waals surface area (Å²) >= 11 is 17.8. The van der Waals surface area contributed by atoms with Gasteiger partial charge in [-0.3, -0.25) is 15.1 Å². The van der Waals surface area contributed by atoms with Crippen molar-refractivity contribution < 1.29 is 27.2 Å². The van der Waals surface area contributed by atoms with Crippen molar-refractivity contribution in [1.29, 1.82) is 0 Å². The molecule has 1 aromatic heterocycles. The van der Waals surface area contributed by atoms with Crippen LogP contribution in [0.2, 0.25) is 15.1 Å². The Morgan fingerprint density at radius 1 is 1.23 bits per heavy atom. The summed E-state index contributed by atoms with van der Waals surface area (Å²) in [7, 11) is 0. The molecule has 1 fully saturated rings. The molecule has 1 saturated carbocycles. The Kier molecular flexibility index (Phi) is 5.70. The minimum Gasteiger partial charge on any atom is -0.457 e. The van der Waals surface area contributed by atoms with Crippen molar-refractivity contribution in [2.75, 3.05) is 0 Å². The zero-order chi connectivity index (χ0) is 22.6. The van der Waals surface area contributed by atoms with Crippen molar-refractivity contribution in [2.45, 2.75) is 38.1 Å². The molecule has 2 aliphatic rings. The van der Waals surface area contributed by atoms with E-state index in [1.54, 1.807) is 13.0 Å². The van der Waals surface area contributed by atoms with Gasteiger partial charge in [-0.25, -0.2) is 0 Å². The topological polar surface area (TPSA) is 63.5 Å². The molecule has 1 atom stereocenters. The summed E-state index contributed by atoms with van der Waals surface area (Å²) in [6.07, 6.45) is -2.28. The lowest BCUT2D eigenvalue weighted by Crippen LogP contribution is -2.42. The van der Waals surface area contributed by atoms with Crippen LogP contribution in [-0.2, 0) is 21.8 Å². The van der Waals surface area contributed by atoms with Gasteiger partial charge in [-0.15, -0.1) is 0 Å². The molecule has 2 heterocycles. The number of amides is 1. The molecule has 0 radical (unpaired) electrons. The van der Waals surface area contributed by atoms with E-state index in [1.165, 1.54) is 0 Å². The number of hydrogen-bond donors (Lipinski definition) is 2. The Balaban J connectivity index is 1.66. The SMILES string of the molecule is Cc1cc(C2=CC(c3cc(Cl)c(Cl)c(Cl)c3)(C(F)(F)F)ON2)oc1CNC(=O)C1CC1.